The highest BCUT2D eigenvalue weighted by Crippen LogP contribution is 2.35. The van der Waals surface area contributed by atoms with Crippen LogP contribution in [0.1, 0.15) is 26.3 Å². The monoisotopic (exact) mass is 397 g/mol. The average Bonchev–Trinajstić information content (AvgIpc) is 2.67. The SMILES string of the molecule is CCN(Cc1cc(Nc2ncnc3ccccc23)cc(Cl)c1N=O)CC(C)C. The molecule has 146 valence electrons. The van der Waals surface area contributed by atoms with Crippen molar-refractivity contribution in [3.8, 4) is 0 Å². The predicted octanol–water partition coefficient (Wildman–Crippen LogP) is 5.90. The second-order valence-corrected chi connectivity index (χ2v) is 7.55. The van der Waals surface area contributed by atoms with Crippen LogP contribution in [-0.2, 0) is 6.54 Å². The number of halogens is 1. The lowest BCUT2D eigenvalue weighted by molar-refractivity contribution is 0.249. The molecular weight excluding hydrogens is 374 g/mol. The van der Waals surface area contributed by atoms with Crippen LogP contribution in [0.2, 0.25) is 5.02 Å². The number of nitrogens with zero attached hydrogens (tertiary/aromatic N) is 4. The molecule has 0 saturated carbocycles. The molecule has 3 rings (SSSR count). The van der Waals surface area contributed by atoms with Crippen LogP contribution in [0.3, 0.4) is 0 Å². The number of nitroso groups, excluding NO2 is 1. The lowest BCUT2D eigenvalue weighted by Gasteiger charge is -2.23. The second-order valence-electron chi connectivity index (χ2n) is 7.14. The van der Waals surface area contributed by atoms with Crippen LogP contribution in [0.15, 0.2) is 47.9 Å². The van der Waals surface area contributed by atoms with Crippen molar-refractivity contribution >= 4 is 39.7 Å². The maximum absolute atomic E-state index is 11.4. The Morgan fingerprint density at radius 2 is 2.00 bits per heavy atom. The molecule has 0 bridgehead atoms. The van der Waals surface area contributed by atoms with Crippen LogP contribution < -0.4 is 5.32 Å². The van der Waals surface area contributed by atoms with Gasteiger partial charge in [-0.05, 0) is 47.5 Å². The molecule has 1 N–H and O–H groups in total. The lowest BCUT2D eigenvalue weighted by Crippen LogP contribution is -2.27. The first kappa shape index (κ1) is 20.2. The van der Waals surface area contributed by atoms with E-state index >= 15 is 0 Å². The summed E-state index contributed by atoms with van der Waals surface area (Å²) in [5.74, 6) is 1.21. The summed E-state index contributed by atoms with van der Waals surface area (Å²) >= 11 is 6.37. The third-order valence-corrected chi connectivity index (χ3v) is 4.79. The molecule has 0 aliphatic carbocycles. The molecule has 0 fully saturated rings. The van der Waals surface area contributed by atoms with Gasteiger partial charge in [-0.1, -0.05) is 44.5 Å². The number of benzene rings is 2. The molecule has 6 nitrogen and oxygen atoms in total. The maximum atomic E-state index is 11.4. The van der Waals surface area contributed by atoms with E-state index in [0.29, 0.717) is 29.0 Å². The Bertz CT molecular complexity index is 971. The fourth-order valence-corrected chi connectivity index (χ4v) is 3.53. The third-order valence-electron chi connectivity index (χ3n) is 4.50. The highest BCUT2D eigenvalue weighted by molar-refractivity contribution is 6.33. The van der Waals surface area contributed by atoms with E-state index in [2.05, 4.69) is 46.1 Å². The molecule has 0 aliphatic rings. The van der Waals surface area contributed by atoms with Gasteiger partial charge in [0.25, 0.3) is 0 Å². The summed E-state index contributed by atoms with van der Waals surface area (Å²) < 4.78 is 0. The van der Waals surface area contributed by atoms with Gasteiger partial charge in [0.2, 0.25) is 0 Å². The molecule has 2 aromatic carbocycles. The molecule has 28 heavy (non-hydrogen) atoms. The summed E-state index contributed by atoms with van der Waals surface area (Å²) in [5, 5.41) is 7.73. The number of para-hydroxylation sites is 1. The van der Waals surface area contributed by atoms with Crippen molar-refractivity contribution in [3.05, 3.63) is 58.2 Å². The first-order valence-electron chi connectivity index (χ1n) is 9.36. The van der Waals surface area contributed by atoms with Crippen LogP contribution in [0.25, 0.3) is 10.9 Å². The van der Waals surface area contributed by atoms with Crippen LogP contribution >= 0.6 is 11.6 Å². The van der Waals surface area contributed by atoms with E-state index in [-0.39, 0.29) is 0 Å². The van der Waals surface area contributed by atoms with E-state index in [0.717, 1.165) is 35.2 Å². The van der Waals surface area contributed by atoms with Gasteiger partial charge in [-0.2, -0.15) is 0 Å². The topological polar surface area (TPSA) is 70.5 Å². The number of fused-ring (bicyclic) bond motifs is 1. The summed E-state index contributed by atoms with van der Waals surface area (Å²) in [6.45, 7) is 8.87. The van der Waals surface area contributed by atoms with E-state index in [1.807, 2.05) is 30.3 Å². The first-order chi connectivity index (χ1) is 13.5. The van der Waals surface area contributed by atoms with Gasteiger partial charge in [0.05, 0.1) is 10.5 Å². The zero-order chi connectivity index (χ0) is 20.1. The number of anilines is 2. The van der Waals surface area contributed by atoms with E-state index in [1.165, 1.54) is 6.33 Å². The Kier molecular flexibility index (Phi) is 6.54. The maximum Gasteiger partial charge on any atom is 0.141 e. The molecule has 0 amide bonds. The molecule has 0 aliphatic heterocycles. The molecule has 1 heterocycles. The normalized spacial score (nSPS) is 11.4. The Morgan fingerprint density at radius 3 is 2.71 bits per heavy atom. The molecule has 0 atom stereocenters. The minimum Gasteiger partial charge on any atom is -0.340 e. The van der Waals surface area contributed by atoms with Gasteiger partial charge in [-0.3, -0.25) is 4.90 Å². The van der Waals surface area contributed by atoms with Crippen LogP contribution in [0.4, 0.5) is 17.2 Å². The Labute approximate surface area is 169 Å². The standard InChI is InChI=1S/C21H24ClN5O/c1-4-27(11-14(2)3)12-15-9-16(10-18(22)20(15)26-28)25-21-17-7-5-6-8-19(17)23-13-24-21/h5-10,13-14H,4,11-12H2,1-3H3,(H,23,24,25). The molecule has 0 spiro atoms. The zero-order valence-corrected chi connectivity index (χ0v) is 17.1. The van der Waals surface area contributed by atoms with Crippen molar-refractivity contribution in [1.29, 1.82) is 0 Å². The first-order valence-corrected chi connectivity index (χ1v) is 9.74. The van der Waals surface area contributed by atoms with E-state index in [1.54, 1.807) is 6.07 Å². The quantitative estimate of drug-likeness (QED) is 0.479. The summed E-state index contributed by atoms with van der Waals surface area (Å²) in [4.78, 5) is 22.3. The summed E-state index contributed by atoms with van der Waals surface area (Å²) in [6.07, 6.45) is 1.52. The van der Waals surface area contributed by atoms with Gasteiger partial charge in [-0.15, -0.1) is 4.91 Å². The van der Waals surface area contributed by atoms with Crippen molar-refractivity contribution < 1.29 is 0 Å². The van der Waals surface area contributed by atoms with E-state index in [4.69, 9.17) is 11.6 Å². The van der Waals surface area contributed by atoms with Crippen molar-refractivity contribution in [1.82, 2.24) is 14.9 Å². The summed E-state index contributed by atoms with van der Waals surface area (Å²) in [5.41, 5.74) is 2.70. The molecule has 0 unspecified atom stereocenters. The fourth-order valence-electron chi connectivity index (χ4n) is 3.25. The van der Waals surface area contributed by atoms with Crippen molar-refractivity contribution in [3.63, 3.8) is 0 Å². The smallest absolute Gasteiger partial charge is 0.141 e. The van der Waals surface area contributed by atoms with Crippen molar-refractivity contribution in [2.75, 3.05) is 18.4 Å². The van der Waals surface area contributed by atoms with Gasteiger partial charge in [0.15, 0.2) is 0 Å². The number of hydrogen-bond acceptors (Lipinski definition) is 6. The number of aromatic nitrogens is 2. The van der Waals surface area contributed by atoms with Crippen LogP contribution in [0.5, 0.6) is 0 Å². The largest absolute Gasteiger partial charge is 0.340 e. The summed E-state index contributed by atoms with van der Waals surface area (Å²) in [7, 11) is 0. The Hall–Kier alpha value is -2.57. The lowest BCUT2D eigenvalue weighted by atomic mass is 10.1. The second kappa shape index (κ2) is 9.08. The fraction of sp³-hybridized carbons (Fsp3) is 0.333. The molecular formula is C21H24ClN5O. The minimum absolute atomic E-state index is 0.293. The van der Waals surface area contributed by atoms with Gasteiger partial charge in [-0.25, -0.2) is 9.97 Å². The van der Waals surface area contributed by atoms with E-state index < -0.39 is 0 Å². The number of rotatable bonds is 8. The zero-order valence-electron chi connectivity index (χ0n) is 16.3. The highest BCUT2D eigenvalue weighted by Gasteiger charge is 2.15. The molecule has 1 aromatic heterocycles. The Balaban J connectivity index is 1.95. The number of nitrogens with one attached hydrogen (secondary N) is 1. The summed E-state index contributed by atoms with van der Waals surface area (Å²) in [6, 6.07) is 11.4. The van der Waals surface area contributed by atoms with Gasteiger partial charge >= 0.3 is 0 Å². The average molecular weight is 398 g/mol. The van der Waals surface area contributed by atoms with Crippen LogP contribution in [0, 0.1) is 10.8 Å². The molecule has 7 heteroatoms. The van der Waals surface area contributed by atoms with E-state index in [9.17, 15) is 4.91 Å². The van der Waals surface area contributed by atoms with Gasteiger partial charge < -0.3 is 5.32 Å². The molecule has 0 radical (unpaired) electrons. The third kappa shape index (κ3) is 4.64. The van der Waals surface area contributed by atoms with Crippen molar-refractivity contribution in [2.24, 2.45) is 11.1 Å². The number of hydrogen-bond donors (Lipinski definition) is 1. The minimum atomic E-state index is 0.293. The van der Waals surface area contributed by atoms with Crippen LogP contribution in [-0.4, -0.2) is 28.0 Å². The molecule has 0 saturated heterocycles. The molecule has 3 aromatic rings. The van der Waals surface area contributed by atoms with Crippen molar-refractivity contribution in [2.45, 2.75) is 27.3 Å². The highest BCUT2D eigenvalue weighted by atomic mass is 35.5. The Morgan fingerprint density at radius 1 is 1.21 bits per heavy atom. The predicted molar refractivity (Wildman–Crippen MR) is 116 cm³/mol. The van der Waals surface area contributed by atoms with Gasteiger partial charge in [0, 0.05) is 24.2 Å². The van der Waals surface area contributed by atoms with Gasteiger partial charge in [0.1, 0.15) is 17.8 Å².